The number of carboxylic acids is 1. The van der Waals surface area contributed by atoms with Crippen LogP contribution in [-0.4, -0.2) is 46.8 Å². The molecule has 0 aromatic rings. The Morgan fingerprint density at radius 2 is 1.84 bits per heavy atom. The number of carbonyl (C=O) groups is 3. The smallest absolute Gasteiger partial charge is 0.332 e. The molecule has 0 saturated heterocycles. The number of hydrogen-bond acceptors (Lipinski definition) is 4. The minimum absolute atomic E-state index is 0.00133. The van der Waals surface area contributed by atoms with E-state index in [1.54, 1.807) is 0 Å². The van der Waals surface area contributed by atoms with Gasteiger partial charge in [0.15, 0.2) is 6.10 Å². The van der Waals surface area contributed by atoms with Crippen LogP contribution in [0.4, 0.5) is 4.79 Å². The minimum Gasteiger partial charge on any atom is -0.479 e. The standard InChI is InChI=1S/C11H21N3O5/c1-6(2)5-7(14-11(12)19)9(16)13-4-3-8(15)10(17)18/h6-8,15H,3-5H2,1-2H3,(H,13,16)(H,17,18)(H3,12,14,19). The highest BCUT2D eigenvalue weighted by atomic mass is 16.4. The van der Waals surface area contributed by atoms with Crippen molar-refractivity contribution in [2.45, 2.75) is 38.8 Å². The van der Waals surface area contributed by atoms with E-state index in [1.807, 2.05) is 13.8 Å². The monoisotopic (exact) mass is 275 g/mol. The number of aliphatic hydroxyl groups is 1. The van der Waals surface area contributed by atoms with Crippen LogP contribution in [0.3, 0.4) is 0 Å². The lowest BCUT2D eigenvalue weighted by Gasteiger charge is -2.19. The number of nitrogens with one attached hydrogen (secondary N) is 2. The van der Waals surface area contributed by atoms with E-state index in [-0.39, 0.29) is 18.9 Å². The second kappa shape index (κ2) is 8.30. The first-order valence-electron chi connectivity index (χ1n) is 5.98. The Hall–Kier alpha value is -1.83. The van der Waals surface area contributed by atoms with E-state index >= 15 is 0 Å². The molecule has 0 aromatic heterocycles. The highest BCUT2D eigenvalue weighted by Crippen LogP contribution is 2.05. The average molecular weight is 275 g/mol. The summed E-state index contributed by atoms with van der Waals surface area (Å²) in [5, 5.41) is 22.3. The van der Waals surface area contributed by atoms with E-state index in [1.165, 1.54) is 0 Å². The molecule has 8 nitrogen and oxygen atoms in total. The summed E-state index contributed by atoms with van der Waals surface area (Å²) in [6.07, 6.45) is -1.21. The zero-order valence-corrected chi connectivity index (χ0v) is 11.0. The number of rotatable bonds is 8. The molecular weight excluding hydrogens is 254 g/mol. The van der Waals surface area contributed by atoms with Crippen molar-refractivity contribution in [1.82, 2.24) is 10.6 Å². The van der Waals surface area contributed by atoms with Crippen LogP contribution < -0.4 is 16.4 Å². The Morgan fingerprint density at radius 1 is 1.26 bits per heavy atom. The van der Waals surface area contributed by atoms with Gasteiger partial charge in [-0.05, 0) is 12.3 Å². The molecule has 0 radical (unpaired) electrons. The first-order valence-corrected chi connectivity index (χ1v) is 5.98. The van der Waals surface area contributed by atoms with Crippen molar-refractivity contribution in [3.63, 3.8) is 0 Å². The fourth-order valence-corrected chi connectivity index (χ4v) is 1.45. The maximum absolute atomic E-state index is 11.8. The number of nitrogens with two attached hydrogens (primary N) is 1. The molecule has 0 aliphatic rings. The van der Waals surface area contributed by atoms with Crippen molar-refractivity contribution in [1.29, 1.82) is 0 Å². The van der Waals surface area contributed by atoms with Gasteiger partial charge in [-0.1, -0.05) is 13.8 Å². The first-order chi connectivity index (χ1) is 8.73. The summed E-state index contributed by atoms with van der Waals surface area (Å²) in [4.78, 5) is 32.9. The van der Waals surface area contributed by atoms with Gasteiger partial charge in [0.2, 0.25) is 5.91 Å². The van der Waals surface area contributed by atoms with Crippen molar-refractivity contribution in [3.8, 4) is 0 Å². The number of hydrogen-bond donors (Lipinski definition) is 5. The average Bonchev–Trinajstić information content (AvgIpc) is 2.26. The Labute approximate surface area is 111 Å². The Morgan fingerprint density at radius 3 is 2.26 bits per heavy atom. The summed E-state index contributed by atoms with van der Waals surface area (Å²) in [5.74, 6) is -1.62. The van der Waals surface area contributed by atoms with E-state index in [4.69, 9.17) is 15.9 Å². The largest absolute Gasteiger partial charge is 0.479 e. The fourth-order valence-electron chi connectivity index (χ4n) is 1.45. The molecule has 0 rings (SSSR count). The van der Waals surface area contributed by atoms with E-state index in [2.05, 4.69) is 10.6 Å². The van der Waals surface area contributed by atoms with E-state index in [9.17, 15) is 14.4 Å². The number of aliphatic hydroxyl groups excluding tert-OH is 1. The molecule has 0 heterocycles. The predicted octanol–water partition coefficient (Wildman–Crippen LogP) is -0.979. The highest BCUT2D eigenvalue weighted by molar-refractivity contribution is 5.86. The highest BCUT2D eigenvalue weighted by Gasteiger charge is 2.21. The predicted molar refractivity (Wildman–Crippen MR) is 67.2 cm³/mol. The number of carbonyl (C=O) groups excluding carboxylic acids is 2. The number of carboxylic acid groups (broad SMARTS) is 1. The zero-order valence-electron chi connectivity index (χ0n) is 11.0. The van der Waals surface area contributed by atoms with E-state index in [0.29, 0.717) is 6.42 Å². The van der Waals surface area contributed by atoms with Gasteiger partial charge < -0.3 is 26.6 Å². The molecule has 0 bridgehead atoms. The molecule has 2 atom stereocenters. The van der Waals surface area contributed by atoms with Gasteiger partial charge in [-0.2, -0.15) is 0 Å². The van der Waals surface area contributed by atoms with Crippen molar-refractivity contribution in [2.24, 2.45) is 11.7 Å². The van der Waals surface area contributed by atoms with Crippen LogP contribution in [0.15, 0.2) is 0 Å². The lowest BCUT2D eigenvalue weighted by atomic mass is 10.0. The molecule has 3 amide bonds. The minimum atomic E-state index is -1.52. The van der Waals surface area contributed by atoms with Gasteiger partial charge in [0.25, 0.3) is 0 Å². The van der Waals surface area contributed by atoms with Gasteiger partial charge in [-0.25, -0.2) is 9.59 Å². The molecule has 0 aliphatic heterocycles. The van der Waals surface area contributed by atoms with Crippen molar-refractivity contribution in [3.05, 3.63) is 0 Å². The van der Waals surface area contributed by atoms with Gasteiger partial charge in [0, 0.05) is 13.0 Å². The number of primary amides is 1. The summed E-state index contributed by atoms with van der Waals surface area (Å²) < 4.78 is 0. The molecule has 2 unspecified atom stereocenters. The lowest BCUT2D eigenvalue weighted by Crippen LogP contribution is -2.49. The lowest BCUT2D eigenvalue weighted by molar-refractivity contribution is -0.147. The SMILES string of the molecule is CC(C)CC(NC(N)=O)C(=O)NCCC(O)C(=O)O. The van der Waals surface area contributed by atoms with Crippen LogP contribution in [0, 0.1) is 5.92 Å². The topological polar surface area (TPSA) is 142 Å². The second-order valence-electron chi connectivity index (χ2n) is 4.62. The third-order valence-electron chi connectivity index (χ3n) is 2.34. The summed E-state index contributed by atoms with van der Waals surface area (Å²) in [5.41, 5.74) is 4.98. The Kier molecular flexibility index (Phi) is 7.50. The van der Waals surface area contributed by atoms with Crippen molar-refractivity contribution < 1.29 is 24.6 Å². The van der Waals surface area contributed by atoms with E-state index in [0.717, 1.165) is 0 Å². The summed E-state index contributed by atoms with van der Waals surface area (Å²) in [6, 6.07) is -1.56. The number of amides is 3. The fraction of sp³-hybridized carbons (Fsp3) is 0.727. The van der Waals surface area contributed by atoms with Crippen molar-refractivity contribution >= 4 is 17.9 Å². The summed E-state index contributed by atoms with van der Waals surface area (Å²) >= 11 is 0. The molecule has 0 aliphatic carbocycles. The van der Waals surface area contributed by atoms with Gasteiger partial charge >= 0.3 is 12.0 Å². The molecule has 0 saturated carbocycles. The third-order valence-corrected chi connectivity index (χ3v) is 2.34. The molecule has 0 spiro atoms. The van der Waals surface area contributed by atoms with Crippen LogP contribution >= 0.6 is 0 Å². The summed E-state index contributed by atoms with van der Waals surface area (Å²) in [6.45, 7) is 3.77. The van der Waals surface area contributed by atoms with Gasteiger partial charge in [0.05, 0.1) is 0 Å². The molecule has 6 N–H and O–H groups in total. The third kappa shape index (κ3) is 7.98. The zero-order chi connectivity index (χ0) is 15.0. The Bertz CT molecular complexity index is 332. The maximum Gasteiger partial charge on any atom is 0.332 e. The number of urea groups is 1. The van der Waals surface area contributed by atoms with Crippen LogP contribution in [0.1, 0.15) is 26.7 Å². The maximum atomic E-state index is 11.8. The molecule has 0 fully saturated rings. The van der Waals surface area contributed by atoms with Crippen LogP contribution in [0.25, 0.3) is 0 Å². The summed E-state index contributed by atoms with van der Waals surface area (Å²) in [7, 11) is 0. The van der Waals surface area contributed by atoms with E-state index < -0.39 is 30.1 Å². The Balaban J connectivity index is 4.24. The molecule has 8 heteroatoms. The number of aliphatic carboxylic acids is 1. The molecule has 110 valence electrons. The normalized spacial score (nSPS) is 13.7. The quantitative estimate of drug-likeness (QED) is 0.387. The van der Waals surface area contributed by atoms with Crippen LogP contribution in [-0.2, 0) is 9.59 Å². The van der Waals surface area contributed by atoms with Crippen LogP contribution in [0.2, 0.25) is 0 Å². The molecular formula is C11H21N3O5. The molecule has 19 heavy (non-hydrogen) atoms. The van der Waals surface area contributed by atoms with Gasteiger partial charge in [-0.15, -0.1) is 0 Å². The van der Waals surface area contributed by atoms with Gasteiger partial charge in [0.1, 0.15) is 6.04 Å². The van der Waals surface area contributed by atoms with Gasteiger partial charge in [-0.3, -0.25) is 4.79 Å². The first kappa shape index (κ1) is 17.2. The van der Waals surface area contributed by atoms with Crippen LogP contribution in [0.5, 0.6) is 0 Å². The molecule has 0 aromatic carbocycles. The second-order valence-corrected chi connectivity index (χ2v) is 4.62. The van der Waals surface area contributed by atoms with Crippen molar-refractivity contribution in [2.75, 3.05) is 6.54 Å².